The minimum absolute atomic E-state index is 0.0532. The van der Waals surface area contributed by atoms with E-state index in [1.54, 1.807) is 0 Å². The number of non-ortho nitro benzene ring substituents is 1. The van der Waals surface area contributed by atoms with Gasteiger partial charge in [0.05, 0.1) is 28.0 Å². The number of nitrogens with zero attached hydrogens (tertiary/aromatic N) is 2. The highest BCUT2D eigenvalue weighted by Crippen LogP contribution is 2.40. The molecule has 38 heavy (non-hydrogen) atoms. The van der Waals surface area contributed by atoms with E-state index in [1.807, 2.05) is 0 Å². The lowest BCUT2D eigenvalue weighted by molar-refractivity contribution is -0.384. The zero-order chi connectivity index (χ0) is 27.6. The molecule has 0 unspecified atom stereocenters. The van der Waals surface area contributed by atoms with Crippen molar-refractivity contribution in [3.05, 3.63) is 96.3 Å². The lowest BCUT2D eigenvalue weighted by Gasteiger charge is -2.14. The van der Waals surface area contributed by atoms with Crippen LogP contribution >= 0.6 is 39.3 Å². The number of hydrogen-bond acceptors (Lipinski definition) is 9. The van der Waals surface area contributed by atoms with Gasteiger partial charge in [-0.3, -0.25) is 24.6 Å². The molecular weight excluding hydrogens is 624 g/mol. The van der Waals surface area contributed by atoms with E-state index < -0.39 is 26.2 Å². The Kier molecular flexibility index (Phi) is 8.11. The van der Waals surface area contributed by atoms with Gasteiger partial charge in [-0.15, -0.1) is 0 Å². The topological polar surface area (TPSA) is 133 Å². The average Bonchev–Trinajstić information content (AvgIpc) is 3.13. The van der Waals surface area contributed by atoms with Gasteiger partial charge in [0, 0.05) is 17.2 Å². The molecule has 196 valence electrons. The van der Waals surface area contributed by atoms with Crippen LogP contribution in [0.4, 0.5) is 10.5 Å². The summed E-state index contributed by atoms with van der Waals surface area (Å²) in [4.78, 5) is 36.8. The SMILES string of the molecule is COc1cc(/C=C2\SC(=O)N(Cc3ccc([N+](=O)[O-])cc3)C2=O)cc(Br)c1OS(=O)(=O)c1ccc(Cl)cc1. The van der Waals surface area contributed by atoms with Gasteiger partial charge >= 0.3 is 10.1 Å². The summed E-state index contributed by atoms with van der Waals surface area (Å²) < 4.78 is 36.3. The number of hydrogen-bond donors (Lipinski definition) is 0. The predicted octanol–water partition coefficient (Wildman–Crippen LogP) is 6.02. The van der Waals surface area contributed by atoms with Gasteiger partial charge in [-0.2, -0.15) is 8.42 Å². The number of benzene rings is 3. The zero-order valence-electron chi connectivity index (χ0n) is 19.3. The van der Waals surface area contributed by atoms with E-state index in [1.165, 1.54) is 73.8 Å². The number of rotatable bonds is 8. The maximum Gasteiger partial charge on any atom is 0.339 e. The van der Waals surface area contributed by atoms with Gasteiger partial charge in [-0.25, -0.2) is 0 Å². The summed E-state index contributed by atoms with van der Waals surface area (Å²) in [5.74, 6) is -0.585. The Morgan fingerprint density at radius 3 is 2.37 bits per heavy atom. The molecule has 0 bridgehead atoms. The van der Waals surface area contributed by atoms with Crippen molar-refractivity contribution < 1.29 is 31.9 Å². The summed E-state index contributed by atoms with van der Waals surface area (Å²) in [6.45, 7) is -0.0532. The van der Waals surface area contributed by atoms with Crippen LogP contribution in [0.15, 0.2) is 74.9 Å². The molecule has 0 saturated carbocycles. The van der Waals surface area contributed by atoms with E-state index in [9.17, 15) is 28.1 Å². The number of amides is 2. The van der Waals surface area contributed by atoms with Crippen LogP contribution in [0.3, 0.4) is 0 Å². The fourth-order valence-corrected chi connectivity index (χ4v) is 5.93. The molecule has 0 N–H and O–H groups in total. The molecule has 3 aromatic carbocycles. The number of nitro groups is 1. The third-order valence-corrected chi connectivity index (χ3v) is 8.19. The van der Waals surface area contributed by atoms with E-state index in [2.05, 4.69) is 15.9 Å². The van der Waals surface area contributed by atoms with Gasteiger partial charge in [0.25, 0.3) is 16.8 Å². The summed E-state index contributed by atoms with van der Waals surface area (Å²) >= 11 is 9.85. The van der Waals surface area contributed by atoms with Crippen LogP contribution in [0.25, 0.3) is 6.08 Å². The molecule has 4 rings (SSSR count). The second-order valence-electron chi connectivity index (χ2n) is 7.72. The third-order valence-electron chi connectivity index (χ3n) is 5.21. The normalized spacial score (nSPS) is 14.7. The van der Waals surface area contributed by atoms with Gasteiger partial charge < -0.3 is 8.92 Å². The lowest BCUT2D eigenvalue weighted by atomic mass is 10.1. The molecule has 2 amide bonds. The van der Waals surface area contributed by atoms with Crippen LogP contribution in [0.5, 0.6) is 11.5 Å². The molecule has 0 aliphatic carbocycles. The van der Waals surface area contributed by atoms with Crippen LogP contribution in [-0.4, -0.2) is 36.5 Å². The number of imide groups is 1. The molecule has 1 heterocycles. The van der Waals surface area contributed by atoms with Crippen molar-refractivity contribution in [2.75, 3.05) is 7.11 Å². The molecule has 3 aromatic rings. The van der Waals surface area contributed by atoms with Gasteiger partial charge in [-0.1, -0.05) is 23.7 Å². The molecule has 10 nitrogen and oxygen atoms in total. The van der Waals surface area contributed by atoms with Crippen LogP contribution in [0, 0.1) is 10.1 Å². The van der Waals surface area contributed by atoms with Crippen molar-refractivity contribution in [1.29, 1.82) is 0 Å². The van der Waals surface area contributed by atoms with E-state index in [0.717, 1.165) is 16.7 Å². The van der Waals surface area contributed by atoms with Crippen LogP contribution in [0.2, 0.25) is 5.02 Å². The fourth-order valence-electron chi connectivity index (χ4n) is 3.36. The molecule has 0 atom stereocenters. The minimum Gasteiger partial charge on any atom is -0.493 e. The quantitative estimate of drug-likeness (QED) is 0.125. The molecule has 0 spiro atoms. The van der Waals surface area contributed by atoms with Gasteiger partial charge in [0.1, 0.15) is 4.90 Å². The molecule has 0 aromatic heterocycles. The second-order valence-corrected chi connectivity index (χ2v) is 11.5. The van der Waals surface area contributed by atoms with Crippen LogP contribution < -0.4 is 8.92 Å². The molecule has 1 aliphatic heterocycles. The van der Waals surface area contributed by atoms with Crippen molar-refractivity contribution in [3.8, 4) is 11.5 Å². The van der Waals surface area contributed by atoms with Crippen LogP contribution in [0.1, 0.15) is 11.1 Å². The Labute approximate surface area is 234 Å². The number of halogens is 2. The number of methoxy groups -OCH3 is 1. The summed E-state index contributed by atoms with van der Waals surface area (Å²) in [5.41, 5.74) is 0.883. The first kappa shape index (κ1) is 27.6. The van der Waals surface area contributed by atoms with E-state index in [4.69, 9.17) is 20.5 Å². The monoisotopic (exact) mass is 638 g/mol. The standard InChI is InChI=1S/C24H16BrClN2O8S2/c1-35-20-11-15(10-19(25)22(20)36-38(33,34)18-8-4-16(26)5-9-18)12-21-23(29)27(24(30)37-21)13-14-2-6-17(7-3-14)28(31)32/h2-12H,13H2,1H3/b21-12-. The second kappa shape index (κ2) is 11.2. The zero-order valence-corrected chi connectivity index (χ0v) is 23.3. The fraction of sp³-hybridized carbons (Fsp3) is 0.0833. The first-order valence-corrected chi connectivity index (χ1v) is 13.9. The number of ether oxygens (including phenoxy) is 1. The number of carbonyl (C=O) groups excluding carboxylic acids is 2. The molecule has 1 saturated heterocycles. The smallest absolute Gasteiger partial charge is 0.339 e. The Balaban J connectivity index is 1.57. The highest BCUT2D eigenvalue weighted by Gasteiger charge is 2.35. The Bertz CT molecular complexity index is 1580. The summed E-state index contributed by atoms with van der Waals surface area (Å²) in [6.07, 6.45) is 1.46. The van der Waals surface area contributed by atoms with Crippen LogP contribution in [-0.2, 0) is 21.5 Å². The predicted molar refractivity (Wildman–Crippen MR) is 145 cm³/mol. The van der Waals surface area contributed by atoms with Gasteiger partial charge in [0.2, 0.25) is 0 Å². The molecular formula is C24H16BrClN2O8S2. The highest BCUT2D eigenvalue weighted by atomic mass is 79.9. The minimum atomic E-state index is -4.21. The van der Waals surface area contributed by atoms with E-state index in [0.29, 0.717) is 16.1 Å². The first-order chi connectivity index (χ1) is 18.0. The Hall–Kier alpha value is -3.39. The Morgan fingerprint density at radius 1 is 1.11 bits per heavy atom. The largest absolute Gasteiger partial charge is 0.493 e. The Morgan fingerprint density at radius 2 is 1.76 bits per heavy atom. The summed E-state index contributed by atoms with van der Waals surface area (Å²) in [5, 5.41) is 10.7. The molecule has 14 heteroatoms. The van der Waals surface area contributed by atoms with Crippen molar-refractivity contribution in [3.63, 3.8) is 0 Å². The van der Waals surface area contributed by atoms with Gasteiger partial charge in [0.15, 0.2) is 11.5 Å². The maximum absolute atomic E-state index is 12.9. The average molecular weight is 640 g/mol. The number of carbonyl (C=O) groups is 2. The lowest BCUT2D eigenvalue weighted by Crippen LogP contribution is -2.27. The summed E-state index contributed by atoms with van der Waals surface area (Å²) in [6, 6.07) is 14.0. The van der Waals surface area contributed by atoms with Crippen molar-refractivity contribution in [1.82, 2.24) is 4.90 Å². The number of nitro benzene ring substituents is 1. The third kappa shape index (κ3) is 6.01. The van der Waals surface area contributed by atoms with E-state index in [-0.39, 0.29) is 38.0 Å². The van der Waals surface area contributed by atoms with Gasteiger partial charge in [-0.05, 0) is 81.3 Å². The van der Waals surface area contributed by atoms with Crippen molar-refractivity contribution in [2.45, 2.75) is 11.4 Å². The van der Waals surface area contributed by atoms with Crippen molar-refractivity contribution >= 4 is 72.3 Å². The molecule has 1 aliphatic rings. The maximum atomic E-state index is 12.9. The highest BCUT2D eigenvalue weighted by molar-refractivity contribution is 9.10. The number of thioether (sulfide) groups is 1. The molecule has 0 radical (unpaired) electrons. The van der Waals surface area contributed by atoms with Crippen molar-refractivity contribution in [2.24, 2.45) is 0 Å². The van der Waals surface area contributed by atoms with E-state index >= 15 is 0 Å². The summed E-state index contributed by atoms with van der Waals surface area (Å²) in [7, 11) is -2.89. The first-order valence-electron chi connectivity index (χ1n) is 10.5. The molecule has 1 fully saturated rings.